The molecule has 0 spiro atoms. The van der Waals surface area contributed by atoms with Crippen LogP contribution in [0.15, 0.2) is 18.3 Å². The molecular formula is C27H38FN9O2. The first kappa shape index (κ1) is 28.1. The van der Waals surface area contributed by atoms with E-state index in [0.717, 1.165) is 11.4 Å². The maximum atomic E-state index is 14.3. The van der Waals surface area contributed by atoms with Crippen LogP contribution in [-0.4, -0.2) is 67.0 Å². The molecule has 1 atom stereocenters. The van der Waals surface area contributed by atoms with Gasteiger partial charge in [0.1, 0.15) is 17.2 Å². The number of halogens is 1. The van der Waals surface area contributed by atoms with Gasteiger partial charge in [-0.3, -0.25) is 4.68 Å². The highest BCUT2D eigenvalue weighted by Gasteiger charge is 2.32. The monoisotopic (exact) mass is 539 g/mol. The number of nitrogens with one attached hydrogen (secondary N) is 2. The summed E-state index contributed by atoms with van der Waals surface area (Å²) in [5.74, 6) is 1.68. The summed E-state index contributed by atoms with van der Waals surface area (Å²) in [5.41, 5.74) is 2.09. The molecule has 1 aliphatic heterocycles. The number of amides is 1. The maximum Gasteiger partial charge on any atom is 0.410 e. The number of rotatable bonds is 6. The number of nitrogens with zero attached hydrogens (tertiary/aromatic N) is 7. The molecule has 0 radical (unpaired) electrons. The van der Waals surface area contributed by atoms with E-state index in [9.17, 15) is 9.18 Å². The fraction of sp³-hybridized carbons (Fsp3) is 0.519. The Labute approximate surface area is 228 Å². The Kier molecular flexibility index (Phi) is 7.94. The third-order valence-corrected chi connectivity index (χ3v) is 6.55. The molecule has 1 saturated heterocycles. The Morgan fingerprint density at radius 3 is 2.51 bits per heavy atom. The van der Waals surface area contributed by atoms with Gasteiger partial charge in [0.2, 0.25) is 5.95 Å². The van der Waals surface area contributed by atoms with E-state index in [2.05, 4.69) is 30.6 Å². The molecule has 3 aromatic heterocycles. The normalized spacial score (nSPS) is 15.9. The number of carbonyl (C=O) groups excluding carboxylic acids is 1. The van der Waals surface area contributed by atoms with Crippen molar-refractivity contribution in [1.82, 2.24) is 29.6 Å². The van der Waals surface area contributed by atoms with E-state index in [4.69, 9.17) is 9.72 Å². The lowest BCUT2D eigenvalue weighted by atomic mass is 10.1. The number of piperazine rings is 1. The second-order valence-electron chi connectivity index (χ2n) is 10.9. The van der Waals surface area contributed by atoms with Gasteiger partial charge in [0, 0.05) is 44.5 Å². The average Bonchev–Trinajstić information content (AvgIpc) is 3.16. The Morgan fingerprint density at radius 2 is 1.90 bits per heavy atom. The topological polar surface area (TPSA) is 113 Å². The summed E-state index contributed by atoms with van der Waals surface area (Å²) in [5, 5.41) is 11.0. The van der Waals surface area contributed by atoms with Gasteiger partial charge in [0.05, 0.1) is 17.6 Å². The summed E-state index contributed by atoms with van der Waals surface area (Å²) >= 11 is 0. The molecule has 1 aliphatic rings. The fourth-order valence-corrected chi connectivity index (χ4v) is 4.43. The van der Waals surface area contributed by atoms with Crippen molar-refractivity contribution in [1.29, 1.82) is 0 Å². The summed E-state index contributed by atoms with van der Waals surface area (Å²) in [6, 6.07) is 3.52. The smallest absolute Gasteiger partial charge is 0.410 e. The molecule has 12 heteroatoms. The van der Waals surface area contributed by atoms with Crippen molar-refractivity contribution >= 4 is 35.2 Å². The second-order valence-corrected chi connectivity index (χ2v) is 10.9. The quantitative estimate of drug-likeness (QED) is 0.453. The molecule has 0 aromatic carbocycles. The minimum absolute atomic E-state index is 0.0878. The van der Waals surface area contributed by atoms with Crippen molar-refractivity contribution < 1.29 is 13.9 Å². The van der Waals surface area contributed by atoms with Crippen LogP contribution in [0, 0.1) is 19.7 Å². The third-order valence-electron chi connectivity index (χ3n) is 6.55. The van der Waals surface area contributed by atoms with Gasteiger partial charge in [0.25, 0.3) is 0 Å². The molecule has 39 heavy (non-hydrogen) atoms. The molecular weight excluding hydrogens is 501 g/mol. The molecule has 0 saturated carbocycles. The predicted molar refractivity (Wildman–Crippen MR) is 149 cm³/mol. The van der Waals surface area contributed by atoms with Gasteiger partial charge < -0.3 is 25.2 Å². The molecule has 4 rings (SSSR count). The summed E-state index contributed by atoms with van der Waals surface area (Å²) in [4.78, 5) is 30.2. The molecule has 1 unspecified atom stereocenters. The van der Waals surface area contributed by atoms with Crippen molar-refractivity contribution in [2.75, 3.05) is 35.2 Å². The Bertz CT molecular complexity index is 1330. The van der Waals surface area contributed by atoms with Gasteiger partial charge in [-0.05, 0) is 59.6 Å². The standard InChI is InChI=1S/C27H38FN9O2/c1-9-19-13-21(30-18(4)23(19)28)32-25-29-14-20(24(33-25)31-22-12-16(2)35(8)34-22)36-10-11-37(17(3)15-36)26(38)39-27(5,6)7/h12-14,17H,9-11,15H2,1-8H3,(H2,29,30,31,32,33,34). The van der Waals surface area contributed by atoms with Crippen molar-refractivity contribution in [2.45, 2.75) is 66.5 Å². The molecule has 1 amide bonds. The van der Waals surface area contributed by atoms with Crippen LogP contribution >= 0.6 is 0 Å². The van der Waals surface area contributed by atoms with E-state index in [0.29, 0.717) is 60.7 Å². The maximum absolute atomic E-state index is 14.3. The summed E-state index contributed by atoms with van der Waals surface area (Å²) in [6.45, 7) is 14.7. The van der Waals surface area contributed by atoms with E-state index >= 15 is 0 Å². The van der Waals surface area contributed by atoms with Crippen molar-refractivity contribution in [2.24, 2.45) is 7.05 Å². The number of aromatic nitrogens is 5. The Morgan fingerprint density at radius 1 is 1.15 bits per heavy atom. The Hall–Kier alpha value is -3.96. The summed E-state index contributed by atoms with van der Waals surface area (Å²) < 4.78 is 21.7. The SMILES string of the molecule is CCc1cc(Nc2ncc(N3CCN(C(=O)OC(C)(C)C)C(C)C3)c(Nc3cc(C)n(C)n3)n2)nc(C)c1F. The van der Waals surface area contributed by atoms with E-state index in [-0.39, 0.29) is 18.0 Å². The number of ether oxygens (including phenoxy) is 1. The first-order chi connectivity index (χ1) is 18.3. The minimum atomic E-state index is -0.557. The zero-order chi connectivity index (χ0) is 28.5. The van der Waals surface area contributed by atoms with Crippen LogP contribution in [0.1, 0.15) is 51.6 Å². The lowest BCUT2D eigenvalue weighted by Crippen LogP contribution is -2.55. The number of hydrogen-bond acceptors (Lipinski definition) is 9. The van der Waals surface area contributed by atoms with Gasteiger partial charge in [-0.1, -0.05) is 6.92 Å². The molecule has 1 fully saturated rings. The van der Waals surface area contributed by atoms with Crippen LogP contribution in [0.25, 0.3) is 0 Å². The van der Waals surface area contributed by atoms with Crippen LogP contribution < -0.4 is 15.5 Å². The van der Waals surface area contributed by atoms with Crippen LogP contribution in [0.5, 0.6) is 0 Å². The van der Waals surface area contributed by atoms with Crippen LogP contribution in [0.3, 0.4) is 0 Å². The number of aryl methyl sites for hydroxylation is 4. The Balaban J connectivity index is 1.61. The zero-order valence-electron chi connectivity index (χ0n) is 24.0. The predicted octanol–water partition coefficient (Wildman–Crippen LogP) is 4.86. The largest absolute Gasteiger partial charge is 0.444 e. The second kappa shape index (κ2) is 11.0. The summed E-state index contributed by atoms with van der Waals surface area (Å²) in [7, 11) is 1.87. The van der Waals surface area contributed by atoms with Gasteiger partial charge in [-0.25, -0.2) is 19.2 Å². The van der Waals surface area contributed by atoms with Crippen LogP contribution in [-0.2, 0) is 18.2 Å². The number of pyridine rings is 1. The minimum Gasteiger partial charge on any atom is -0.444 e. The van der Waals surface area contributed by atoms with Gasteiger partial charge in [-0.15, -0.1) is 0 Å². The van der Waals surface area contributed by atoms with Gasteiger partial charge in [0.15, 0.2) is 11.6 Å². The van der Waals surface area contributed by atoms with Gasteiger partial charge in [-0.2, -0.15) is 10.1 Å². The third kappa shape index (κ3) is 6.55. The van der Waals surface area contributed by atoms with E-state index in [1.807, 2.05) is 54.7 Å². The fourth-order valence-electron chi connectivity index (χ4n) is 4.43. The first-order valence-electron chi connectivity index (χ1n) is 13.2. The van der Waals surface area contributed by atoms with Crippen molar-refractivity contribution in [3.05, 3.63) is 41.1 Å². The van der Waals surface area contributed by atoms with E-state index in [1.165, 1.54) is 0 Å². The lowest BCUT2D eigenvalue weighted by Gasteiger charge is -2.41. The number of hydrogen-bond donors (Lipinski definition) is 2. The molecule has 0 aliphatic carbocycles. The number of anilines is 5. The molecule has 4 heterocycles. The molecule has 210 valence electrons. The van der Waals surface area contributed by atoms with E-state index < -0.39 is 5.60 Å². The molecule has 2 N–H and O–H groups in total. The van der Waals surface area contributed by atoms with Crippen molar-refractivity contribution in [3.63, 3.8) is 0 Å². The molecule has 0 bridgehead atoms. The zero-order valence-corrected chi connectivity index (χ0v) is 24.0. The van der Waals surface area contributed by atoms with E-state index in [1.54, 1.807) is 28.8 Å². The highest BCUT2D eigenvalue weighted by Crippen LogP contribution is 2.30. The van der Waals surface area contributed by atoms with Crippen molar-refractivity contribution in [3.8, 4) is 0 Å². The lowest BCUT2D eigenvalue weighted by molar-refractivity contribution is 0.0159. The van der Waals surface area contributed by atoms with Crippen LogP contribution in [0.4, 0.5) is 38.3 Å². The average molecular weight is 540 g/mol. The molecule has 11 nitrogen and oxygen atoms in total. The van der Waals surface area contributed by atoms with Gasteiger partial charge >= 0.3 is 6.09 Å². The highest BCUT2D eigenvalue weighted by atomic mass is 19.1. The highest BCUT2D eigenvalue weighted by molar-refractivity contribution is 5.73. The number of carbonyl (C=O) groups is 1. The molecule has 3 aromatic rings. The summed E-state index contributed by atoms with van der Waals surface area (Å²) in [6.07, 6.45) is 1.96. The first-order valence-corrected chi connectivity index (χ1v) is 13.2. The van der Waals surface area contributed by atoms with Crippen LogP contribution in [0.2, 0.25) is 0 Å².